The van der Waals surface area contributed by atoms with E-state index in [9.17, 15) is 25.4 Å². The summed E-state index contributed by atoms with van der Waals surface area (Å²) in [6.07, 6.45) is -5.89. The van der Waals surface area contributed by atoms with E-state index in [0.29, 0.717) is 0 Å². The van der Waals surface area contributed by atoms with Crippen LogP contribution in [0.15, 0.2) is 24.3 Å². The van der Waals surface area contributed by atoms with Crippen LogP contribution in [0.1, 0.15) is 6.92 Å². The number of ether oxygens (including phenoxy) is 2. The van der Waals surface area contributed by atoms with E-state index in [4.69, 9.17) is 9.47 Å². The van der Waals surface area contributed by atoms with Crippen molar-refractivity contribution in [3.05, 3.63) is 34.4 Å². The maximum Gasteiger partial charge on any atom is 0.269 e. The Labute approximate surface area is 114 Å². The van der Waals surface area contributed by atoms with Gasteiger partial charge in [-0.2, -0.15) is 0 Å². The topological polar surface area (TPSA) is 122 Å². The van der Waals surface area contributed by atoms with Crippen molar-refractivity contribution in [2.75, 3.05) is 0 Å². The van der Waals surface area contributed by atoms with Crippen LogP contribution in [-0.4, -0.2) is 50.9 Å². The van der Waals surface area contributed by atoms with Crippen LogP contribution >= 0.6 is 0 Å². The molecular formula is C12H15NO7. The lowest BCUT2D eigenvalue weighted by atomic mass is 10.00. The molecule has 20 heavy (non-hydrogen) atoms. The molecule has 1 fully saturated rings. The third-order valence-corrected chi connectivity index (χ3v) is 3.11. The van der Waals surface area contributed by atoms with Gasteiger partial charge in [0.05, 0.1) is 11.0 Å². The van der Waals surface area contributed by atoms with Crippen molar-refractivity contribution >= 4 is 5.69 Å². The van der Waals surface area contributed by atoms with Gasteiger partial charge in [0.1, 0.15) is 24.1 Å². The largest absolute Gasteiger partial charge is 0.462 e. The molecule has 0 saturated carbocycles. The number of benzene rings is 1. The minimum atomic E-state index is -1.42. The van der Waals surface area contributed by atoms with Gasteiger partial charge in [-0.15, -0.1) is 0 Å². The zero-order valence-electron chi connectivity index (χ0n) is 10.6. The van der Waals surface area contributed by atoms with Crippen LogP contribution in [0.4, 0.5) is 5.69 Å². The van der Waals surface area contributed by atoms with Gasteiger partial charge < -0.3 is 24.8 Å². The number of aliphatic hydroxyl groups excluding tert-OH is 3. The van der Waals surface area contributed by atoms with Gasteiger partial charge in [0, 0.05) is 12.1 Å². The molecule has 5 atom stereocenters. The molecule has 1 aromatic carbocycles. The van der Waals surface area contributed by atoms with Crippen molar-refractivity contribution < 1.29 is 29.7 Å². The predicted octanol–water partition coefficient (Wildman–Crippen LogP) is -0.199. The predicted molar refractivity (Wildman–Crippen MR) is 66.1 cm³/mol. The van der Waals surface area contributed by atoms with Gasteiger partial charge in [-0.05, 0) is 19.1 Å². The number of nitro groups is 1. The quantitative estimate of drug-likeness (QED) is 0.519. The van der Waals surface area contributed by atoms with E-state index in [-0.39, 0.29) is 11.4 Å². The molecule has 1 saturated heterocycles. The van der Waals surface area contributed by atoms with Crippen molar-refractivity contribution in [3.63, 3.8) is 0 Å². The first-order valence-electron chi connectivity index (χ1n) is 6.01. The Morgan fingerprint density at radius 2 is 1.75 bits per heavy atom. The fraction of sp³-hybridized carbons (Fsp3) is 0.500. The third-order valence-electron chi connectivity index (χ3n) is 3.11. The number of hydrogen-bond acceptors (Lipinski definition) is 7. The SMILES string of the molecule is C[C@H]1O[C@@H](Oc2ccc([N+](=O)[O-])cc2)[C@@H](O)[C@@H](O)[C@@H]1O. The van der Waals surface area contributed by atoms with Crippen LogP contribution in [0.3, 0.4) is 0 Å². The Balaban J connectivity index is 2.07. The molecule has 0 unspecified atom stereocenters. The highest BCUT2D eigenvalue weighted by atomic mass is 16.7. The van der Waals surface area contributed by atoms with Gasteiger partial charge in [0.25, 0.3) is 5.69 Å². The van der Waals surface area contributed by atoms with Gasteiger partial charge in [-0.3, -0.25) is 10.1 Å². The Morgan fingerprint density at radius 1 is 1.15 bits per heavy atom. The molecule has 0 aliphatic carbocycles. The van der Waals surface area contributed by atoms with Gasteiger partial charge in [0.2, 0.25) is 6.29 Å². The monoisotopic (exact) mass is 285 g/mol. The average molecular weight is 285 g/mol. The number of nitrogens with zero attached hydrogens (tertiary/aromatic N) is 1. The van der Waals surface area contributed by atoms with E-state index < -0.39 is 35.6 Å². The Morgan fingerprint density at radius 3 is 2.30 bits per heavy atom. The number of nitro benzene ring substituents is 1. The lowest BCUT2D eigenvalue weighted by molar-refractivity contribution is -0.384. The van der Waals surface area contributed by atoms with E-state index >= 15 is 0 Å². The number of non-ortho nitro benzene ring substituents is 1. The smallest absolute Gasteiger partial charge is 0.269 e. The highest BCUT2D eigenvalue weighted by Crippen LogP contribution is 2.25. The van der Waals surface area contributed by atoms with E-state index in [1.165, 1.54) is 31.2 Å². The summed E-state index contributed by atoms with van der Waals surface area (Å²) in [5, 5.41) is 39.4. The van der Waals surface area contributed by atoms with Gasteiger partial charge in [-0.25, -0.2) is 0 Å². The Hall–Kier alpha value is -1.74. The van der Waals surface area contributed by atoms with Crippen molar-refractivity contribution in [1.29, 1.82) is 0 Å². The summed E-state index contributed by atoms with van der Waals surface area (Å²) in [7, 11) is 0. The minimum Gasteiger partial charge on any atom is -0.462 e. The molecule has 2 rings (SSSR count). The van der Waals surface area contributed by atoms with E-state index in [1.54, 1.807) is 0 Å². The van der Waals surface area contributed by atoms with Crippen LogP contribution in [-0.2, 0) is 4.74 Å². The molecular weight excluding hydrogens is 270 g/mol. The maximum atomic E-state index is 10.5. The average Bonchev–Trinajstić information content (AvgIpc) is 2.43. The molecule has 1 aliphatic heterocycles. The van der Waals surface area contributed by atoms with Gasteiger partial charge in [-0.1, -0.05) is 0 Å². The van der Waals surface area contributed by atoms with Crippen molar-refractivity contribution in [2.24, 2.45) is 0 Å². The van der Waals surface area contributed by atoms with Gasteiger partial charge in [0.15, 0.2) is 0 Å². The number of rotatable bonds is 3. The first-order chi connectivity index (χ1) is 9.40. The first kappa shape index (κ1) is 14.7. The molecule has 1 heterocycles. The Kier molecular flexibility index (Phi) is 4.19. The summed E-state index contributed by atoms with van der Waals surface area (Å²) in [5.41, 5.74) is -0.0914. The van der Waals surface area contributed by atoms with Crippen molar-refractivity contribution in [1.82, 2.24) is 0 Å². The summed E-state index contributed by atoms with van der Waals surface area (Å²) in [6.45, 7) is 1.53. The van der Waals surface area contributed by atoms with E-state index in [1.807, 2.05) is 0 Å². The highest BCUT2D eigenvalue weighted by molar-refractivity contribution is 5.36. The maximum absolute atomic E-state index is 10.5. The fourth-order valence-corrected chi connectivity index (χ4v) is 1.89. The number of hydrogen-bond donors (Lipinski definition) is 3. The molecule has 1 aromatic rings. The molecule has 8 nitrogen and oxygen atoms in total. The van der Waals surface area contributed by atoms with Crippen LogP contribution in [0.25, 0.3) is 0 Å². The molecule has 0 aromatic heterocycles. The molecule has 0 radical (unpaired) electrons. The lowest BCUT2D eigenvalue weighted by Gasteiger charge is -2.38. The molecule has 8 heteroatoms. The molecule has 0 amide bonds. The van der Waals surface area contributed by atoms with Crippen LogP contribution in [0.5, 0.6) is 5.75 Å². The fourth-order valence-electron chi connectivity index (χ4n) is 1.89. The van der Waals surface area contributed by atoms with Crippen molar-refractivity contribution in [2.45, 2.75) is 37.6 Å². The lowest BCUT2D eigenvalue weighted by Crippen LogP contribution is -2.58. The zero-order chi connectivity index (χ0) is 14.9. The van der Waals surface area contributed by atoms with Crippen LogP contribution < -0.4 is 4.74 Å². The second-order valence-corrected chi connectivity index (χ2v) is 4.55. The normalized spacial score (nSPS) is 33.7. The third kappa shape index (κ3) is 2.88. The molecule has 3 N–H and O–H groups in total. The second kappa shape index (κ2) is 5.71. The summed E-state index contributed by atoms with van der Waals surface area (Å²) in [6, 6.07) is 5.21. The number of aliphatic hydroxyl groups is 3. The Bertz CT molecular complexity index is 477. The minimum absolute atomic E-state index is 0.0914. The second-order valence-electron chi connectivity index (χ2n) is 4.55. The summed E-state index contributed by atoms with van der Waals surface area (Å²) in [4.78, 5) is 9.97. The molecule has 0 bridgehead atoms. The molecule has 1 aliphatic rings. The van der Waals surface area contributed by atoms with Crippen LogP contribution in [0.2, 0.25) is 0 Å². The van der Waals surface area contributed by atoms with Crippen LogP contribution in [0, 0.1) is 10.1 Å². The summed E-state index contributed by atoms with van der Waals surface area (Å²) >= 11 is 0. The first-order valence-corrected chi connectivity index (χ1v) is 6.01. The zero-order valence-corrected chi connectivity index (χ0v) is 10.6. The summed E-state index contributed by atoms with van der Waals surface area (Å²) in [5.74, 6) is 0.246. The van der Waals surface area contributed by atoms with Gasteiger partial charge >= 0.3 is 0 Å². The molecule has 110 valence electrons. The standard InChI is InChI=1S/C12H15NO7/c1-6-9(14)10(15)11(16)12(19-6)20-8-4-2-7(3-5-8)13(17)18/h2-6,9-12,14-16H,1H3/t6-,9-,10+,11+,12+/m1/s1. The van der Waals surface area contributed by atoms with E-state index in [0.717, 1.165) is 0 Å². The summed E-state index contributed by atoms with van der Waals surface area (Å²) < 4.78 is 10.6. The highest BCUT2D eigenvalue weighted by Gasteiger charge is 2.43. The van der Waals surface area contributed by atoms with E-state index in [2.05, 4.69) is 0 Å². The molecule has 0 spiro atoms. The van der Waals surface area contributed by atoms with Crippen molar-refractivity contribution in [3.8, 4) is 5.75 Å².